The number of benzene rings is 1. The number of nitrogens with zero attached hydrogens (tertiary/aromatic N) is 5. The van der Waals surface area contributed by atoms with Gasteiger partial charge < -0.3 is 9.47 Å². The van der Waals surface area contributed by atoms with Gasteiger partial charge in [-0.05, 0) is 56.7 Å². The molecule has 0 fully saturated rings. The summed E-state index contributed by atoms with van der Waals surface area (Å²) in [5.74, 6) is 0.886. The third-order valence-corrected chi connectivity index (χ3v) is 5.72. The van der Waals surface area contributed by atoms with Crippen molar-refractivity contribution in [3.8, 4) is 11.4 Å². The van der Waals surface area contributed by atoms with E-state index in [2.05, 4.69) is 75.8 Å². The van der Waals surface area contributed by atoms with Gasteiger partial charge in [-0.15, -0.1) is 10.2 Å². The molecule has 0 aliphatic carbocycles. The molecule has 0 N–H and O–H groups in total. The van der Waals surface area contributed by atoms with Gasteiger partial charge in [-0.3, -0.25) is 4.98 Å². The summed E-state index contributed by atoms with van der Waals surface area (Å²) in [7, 11) is 2.02. The van der Waals surface area contributed by atoms with E-state index in [4.69, 9.17) is 0 Å². The third kappa shape index (κ3) is 3.90. The van der Waals surface area contributed by atoms with Crippen molar-refractivity contribution in [2.45, 2.75) is 31.2 Å². The quantitative estimate of drug-likeness (QED) is 0.572. The molecule has 0 amide bonds. The monoisotopic (exact) mass is 367 g/mol. The second-order valence-corrected chi connectivity index (χ2v) is 7.44. The lowest BCUT2D eigenvalue weighted by atomic mass is 10.2. The Hall–Kier alpha value is -2.34. The van der Waals surface area contributed by atoms with E-state index in [0.29, 0.717) is 0 Å². The van der Waals surface area contributed by atoms with E-state index >= 15 is 0 Å². The molecule has 1 atom stereocenters. The number of pyridine rings is 1. The SMILES string of the molecule is CCN(CC)c1ccc(-c2nnc(SC(C)c3cccnc3)n2C)cc1. The maximum Gasteiger partial charge on any atom is 0.191 e. The van der Waals surface area contributed by atoms with E-state index in [9.17, 15) is 0 Å². The molecule has 26 heavy (non-hydrogen) atoms. The van der Waals surface area contributed by atoms with Crippen molar-refractivity contribution in [2.75, 3.05) is 18.0 Å². The first kappa shape index (κ1) is 18.5. The highest BCUT2D eigenvalue weighted by molar-refractivity contribution is 7.99. The van der Waals surface area contributed by atoms with Crippen LogP contribution in [0, 0.1) is 0 Å². The van der Waals surface area contributed by atoms with Gasteiger partial charge in [0, 0.05) is 49.0 Å². The molecule has 1 unspecified atom stereocenters. The summed E-state index contributed by atoms with van der Waals surface area (Å²) in [4.78, 5) is 6.53. The normalized spacial score (nSPS) is 12.2. The fourth-order valence-corrected chi connectivity index (χ4v) is 3.85. The molecule has 2 aromatic heterocycles. The van der Waals surface area contributed by atoms with Gasteiger partial charge in [-0.25, -0.2) is 0 Å². The predicted molar refractivity (Wildman–Crippen MR) is 109 cm³/mol. The summed E-state index contributed by atoms with van der Waals surface area (Å²) in [5.41, 5.74) is 3.50. The average Bonchev–Trinajstić information content (AvgIpc) is 3.04. The second-order valence-electron chi connectivity index (χ2n) is 6.13. The molecule has 136 valence electrons. The summed E-state index contributed by atoms with van der Waals surface area (Å²) in [6.07, 6.45) is 3.70. The molecule has 1 aromatic carbocycles. The second kappa shape index (κ2) is 8.36. The highest BCUT2D eigenvalue weighted by Gasteiger charge is 2.15. The van der Waals surface area contributed by atoms with Crippen LogP contribution in [0.25, 0.3) is 11.4 Å². The predicted octanol–water partition coefficient (Wildman–Crippen LogP) is 4.58. The van der Waals surface area contributed by atoms with Crippen LogP contribution in [0.1, 0.15) is 31.6 Å². The van der Waals surface area contributed by atoms with Crippen molar-refractivity contribution in [3.05, 3.63) is 54.4 Å². The van der Waals surface area contributed by atoms with Crippen LogP contribution in [0.15, 0.2) is 53.9 Å². The maximum absolute atomic E-state index is 4.41. The Morgan fingerprint density at radius 1 is 1.08 bits per heavy atom. The minimum atomic E-state index is 0.268. The zero-order chi connectivity index (χ0) is 18.5. The van der Waals surface area contributed by atoms with E-state index < -0.39 is 0 Å². The van der Waals surface area contributed by atoms with E-state index in [0.717, 1.165) is 29.6 Å². The Morgan fingerprint density at radius 3 is 2.42 bits per heavy atom. The molecule has 0 bridgehead atoms. The molecule has 0 aliphatic heterocycles. The van der Waals surface area contributed by atoms with E-state index in [1.54, 1.807) is 18.0 Å². The summed E-state index contributed by atoms with van der Waals surface area (Å²) >= 11 is 1.70. The zero-order valence-corrected chi connectivity index (χ0v) is 16.6. The van der Waals surface area contributed by atoms with E-state index in [-0.39, 0.29) is 5.25 Å². The molecule has 0 saturated heterocycles. The summed E-state index contributed by atoms with van der Waals surface area (Å²) in [6, 6.07) is 12.6. The summed E-state index contributed by atoms with van der Waals surface area (Å²) < 4.78 is 2.06. The van der Waals surface area contributed by atoms with Crippen LogP contribution in [0.2, 0.25) is 0 Å². The van der Waals surface area contributed by atoms with E-state index in [1.807, 2.05) is 19.3 Å². The van der Waals surface area contributed by atoms with Gasteiger partial charge in [-0.2, -0.15) is 0 Å². The van der Waals surface area contributed by atoms with Crippen LogP contribution in [0.5, 0.6) is 0 Å². The van der Waals surface area contributed by atoms with Crippen LogP contribution in [-0.2, 0) is 7.05 Å². The van der Waals surface area contributed by atoms with Crippen molar-refractivity contribution in [1.29, 1.82) is 0 Å². The van der Waals surface area contributed by atoms with Crippen molar-refractivity contribution >= 4 is 17.4 Å². The van der Waals surface area contributed by atoms with Gasteiger partial charge in [0.15, 0.2) is 11.0 Å². The highest BCUT2D eigenvalue weighted by Crippen LogP contribution is 2.34. The fourth-order valence-electron chi connectivity index (χ4n) is 2.92. The summed E-state index contributed by atoms with van der Waals surface area (Å²) in [5, 5.41) is 9.98. The molecule has 6 heteroatoms. The fraction of sp³-hybridized carbons (Fsp3) is 0.350. The smallest absolute Gasteiger partial charge is 0.191 e. The first-order chi connectivity index (χ1) is 12.6. The number of hydrogen-bond acceptors (Lipinski definition) is 5. The number of aromatic nitrogens is 4. The topological polar surface area (TPSA) is 46.8 Å². The van der Waals surface area contributed by atoms with Crippen LogP contribution in [0.4, 0.5) is 5.69 Å². The largest absolute Gasteiger partial charge is 0.372 e. The van der Waals surface area contributed by atoms with Crippen LogP contribution >= 0.6 is 11.8 Å². The minimum Gasteiger partial charge on any atom is -0.372 e. The van der Waals surface area contributed by atoms with Crippen molar-refractivity contribution < 1.29 is 0 Å². The van der Waals surface area contributed by atoms with Gasteiger partial charge in [0.2, 0.25) is 0 Å². The Morgan fingerprint density at radius 2 is 1.81 bits per heavy atom. The molecule has 0 aliphatic rings. The lowest BCUT2D eigenvalue weighted by Gasteiger charge is -2.21. The maximum atomic E-state index is 4.41. The Labute approximate surface area is 159 Å². The molecule has 0 saturated carbocycles. The van der Waals surface area contributed by atoms with Crippen molar-refractivity contribution in [2.24, 2.45) is 7.05 Å². The minimum absolute atomic E-state index is 0.268. The summed E-state index contributed by atoms with van der Waals surface area (Å²) in [6.45, 7) is 8.52. The van der Waals surface area contributed by atoms with Gasteiger partial charge in [0.1, 0.15) is 0 Å². The molecular formula is C20H25N5S. The molecule has 3 rings (SSSR count). The average molecular weight is 368 g/mol. The number of anilines is 1. The molecule has 0 radical (unpaired) electrons. The van der Waals surface area contributed by atoms with Gasteiger partial charge in [0.05, 0.1) is 0 Å². The molecule has 2 heterocycles. The standard InChI is InChI=1S/C20H25N5S/c1-5-25(6-2)18-11-9-16(10-12-18)19-22-23-20(24(19)4)26-15(3)17-8-7-13-21-14-17/h7-15H,5-6H2,1-4H3. The van der Waals surface area contributed by atoms with Crippen LogP contribution in [0.3, 0.4) is 0 Å². The molecular weight excluding hydrogens is 342 g/mol. The van der Waals surface area contributed by atoms with Crippen molar-refractivity contribution in [1.82, 2.24) is 19.7 Å². The van der Waals surface area contributed by atoms with Crippen molar-refractivity contribution in [3.63, 3.8) is 0 Å². The zero-order valence-electron chi connectivity index (χ0n) is 15.8. The lowest BCUT2D eigenvalue weighted by molar-refractivity contribution is 0.790. The molecule has 0 spiro atoms. The number of rotatable bonds is 7. The Balaban J connectivity index is 1.78. The van der Waals surface area contributed by atoms with Crippen LogP contribution in [-0.4, -0.2) is 32.8 Å². The lowest BCUT2D eigenvalue weighted by Crippen LogP contribution is -2.21. The number of hydrogen-bond donors (Lipinski definition) is 0. The third-order valence-electron chi connectivity index (χ3n) is 4.53. The molecule has 3 aromatic rings. The van der Waals surface area contributed by atoms with Gasteiger partial charge in [-0.1, -0.05) is 17.8 Å². The number of thioether (sulfide) groups is 1. The van der Waals surface area contributed by atoms with Crippen LogP contribution < -0.4 is 4.90 Å². The van der Waals surface area contributed by atoms with Gasteiger partial charge >= 0.3 is 0 Å². The van der Waals surface area contributed by atoms with E-state index in [1.165, 1.54) is 11.3 Å². The van der Waals surface area contributed by atoms with Gasteiger partial charge in [0.25, 0.3) is 0 Å². The first-order valence-corrected chi connectivity index (χ1v) is 9.83. The Bertz CT molecular complexity index is 825. The molecule has 5 nitrogen and oxygen atoms in total. The first-order valence-electron chi connectivity index (χ1n) is 8.95. The Kier molecular flexibility index (Phi) is 5.93. The highest BCUT2D eigenvalue weighted by atomic mass is 32.2.